The van der Waals surface area contributed by atoms with Crippen molar-refractivity contribution in [3.63, 3.8) is 0 Å². The quantitative estimate of drug-likeness (QED) is 0.885. The molecule has 0 radical (unpaired) electrons. The van der Waals surface area contributed by atoms with Crippen molar-refractivity contribution in [3.8, 4) is 17.0 Å². The number of nitrogens with two attached hydrogens (primary N) is 1. The Bertz CT molecular complexity index is 586. The molecule has 2 heterocycles. The molecule has 3 N–H and O–H groups in total. The van der Waals surface area contributed by atoms with E-state index in [0.717, 1.165) is 47.7 Å². The summed E-state index contributed by atoms with van der Waals surface area (Å²) in [5.41, 5.74) is 9.75. The van der Waals surface area contributed by atoms with Crippen molar-refractivity contribution >= 4 is 0 Å². The first-order valence-electron chi connectivity index (χ1n) is 7.36. The average molecular weight is 287 g/mol. The van der Waals surface area contributed by atoms with Crippen molar-refractivity contribution in [3.05, 3.63) is 35.5 Å². The van der Waals surface area contributed by atoms with Crippen LogP contribution in [-0.2, 0) is 11.3 Å². The van der Waals surface area contributed by atoms with Gasteiger partial charge in [-0.25, -0.2) is 0 Å². The number of ether oxygens (including phenoxy) is 2. The lowest BCUT2D eigenvalue weighted by molar-refractivity contribution is 0.0679. The average Bonchev–Trinajstić information content (AvgIpc) is 3.15. The number of hydrogen-bond acceptors (Lipinski definition) is 4. The van der Waals surface area contributed by atoms with Gasteiger partial charge in [0.15, 0.2) is 0 Å². The van der Waals surface area contributed by atoms with Crippen molar-refractivity contribution in [2.75, 3.05) is 13.2 Å². The zero-order chi connectivity index (χ0) is 14.7. The van der Waals surface area contributed by atoms with Crippen molar-refractivity contribution < 1.29 is 9.47 Å². The summed E-state index contributed by atoms with van der Waals surface area (Å²) in [5.74, 6) is 0.862. The molecule has 1 atom stereocenters. The highest BCUT2D eigenvalue weighted by Crippen LogP contribution is 2.25. The van der Waals surface area contributed by atoms with Crippen molar-refractivity contribution in [2.24, 2.45) is 5.73 Å². The van der Waals surface area contributed by atoms with Crippen molar-refractivity contribution in [1.82, 2.24) is 10.2 Å². The summed E-state index contributed by atoms with van der Waals surface area (Å²) in [6.07, 6.45) is 2.46. The molecule has 112 valence electrons. The maximum absolute atomic E-state index is 5.76. The molecule has 1 saturated heterocycles. The molecule has 1 aliphatic heterocycles. The number of aromatic nitrogens is 2. The summed E-state index contributed by atoms with van der Waals surface area (Å²) in [4.78, 5) is 0. The fourth-order valence-electron chi connectivity index (χ4n) is 2.59. The molecule has 0 spiro atoms. The summed E-state index contributed by atoms with van der Waals surface area (Å²) < 4.78 is 11.3. The van der Waals surface area contributed by atoms with Gasteiger partial charge >= 0.3 is 0 Å². The highest BCUT2D eigenvalue weighted by atomic mass is 16.5. The zero-order valence-corrected chi connectivity index (χ0v) is 12.3. The van der Waals surface area contributed by atoms with Gasteiger partial charge in [-0.2, -0.15) is 5.10 Å². The maximum atomic E-state index is 5.76. The molecule has 1 fully saturated rings. The standard InChI is InChI=1S/C16H21N3O2/c1-11-15(9-17)18-19-16(11)12-4-6-13(7-5-12)21-10-14-3-2-8-20-14/h4-7,14H,2-3,8-10,17H2,1H3,(H,18,19). The van der Waals surface area contributed by atoms with E-state index < -0.39 is 0 Å². The predicted octanol–water partition coefficient (Wildman–Crippen LogP) is 2.40. The van der Waals surface area contributed by atoms with Crippen LogP contribution in [0.4, 0.5) is 0 Å². The van der Waals surface area contributed by atoms with Crippen LogP contribution in [0, 0.1) is 6.92 Å². The summed E-state index contributed by atoms with van der Waals surface area (Å²) in [7, 11) is 0. The van der Waals surface area contributed by atoms with Crippen LogP contribution in [0.2, 0.25) is 0 Å². The summed E-state index contributed by atoms with van der Waals surface area (Å²) in [6, 6.07) is 7.99. The second kappa shape index (κ2) is 6.28. The molecule has 2 aromatic rings. The van der Waals surface area contributed by atoms with E-state index in [1.807, 2.05) is 31.2 Å². The number of H-pyrrole nitrogens is 1. The molecule has 1 aromatic heterocycles. The Morgan fingerprint density at radius 3 is 2.81 bits per heavy atom. The number of hydrogen-bond donors (Lipinski definition) is 2. The Morgan fingerprint density at radius 2 is 2.19 bits per heavy atom. The summed E-state index contributed by atoms with van der Waals surface area (Å²) >= 11 is 0. The molecule has 1 aromatic carbocycles. The van der Waals surface area contributed by atoms with Gasteiger partial charge in [-0.3, -0.25) is 5.10 Å². The lowest BCUT2D eigenvalue weighted by atomic mass is 10.1. The van der Waals surface area contributed by atoms with Gasteiger partial charge < -0.3 is 15.2 Å². The Morgan fingerprint density at radius 1 is 1.38 bits per heavy atom. The lowest BCUT2D eigenvalue weighted by Gasteiger charge is -2.11. The van der Waals surface area contributed by atoms with Gasteiger partial charge in [0.1, 0.15) is 12.4 Å². The van der Waals surface area contributed by atoms with Gasteiger partial charge in [-0.1, -0.05) is 0 Å². The maximum Gasteiger partial charge on any atom is 0.119 e. The summed E-state index contributed by atoms with van der Waals surface area (Å²) in [5, 5.41) is 7.31. The SMILES string of the molecule is Cc1c(-c2ccc(OCC3CCCO3)cc2)n[nH]c1CN. The molecule has 0 aliphatic carbocycles. The first kappa shape index (κ1) is 14.1. The monoisotopic (exact) mass is 287 g/mol. The van der Waals surface area contributed by atoms with Gasteiger partial charge in [0.05, 0.1) is 17.5 Å². The van der Waals surface area contributed by atoms with Crippen LogP contribution in [0.25, 0.3) is 11.3 Å². The van der Waals surface area contributed by atoms with E-state index in [9.17, 15) is 0 Å². The molecular weight excluding hydrogens is 266 g/mol. The Labute approximate surface area is 124 Å². The van der Waals surface area contributed by atoms with E-state index in [0.29, 0.717) is 13.2 Å². The molecule has 1 aliphatic rings. The number of nitrogens with one attached hydrogen (secondary N) is 1. The molecule has 3 rings (SSSR count). The fraction of sp³-hybridized carbons (Fsp3) is 0.438. The Balaban J connectivity index is 1.66. The second-order valence-corrected chi connectivity index (χ2v) is 5.35. The van der Waals surface area contributed by atoms with E-state index in [1.54, 1.807) is 0 Å². The van der Waals surface area contributed by atoms with Gasteiger partial charge in [0.25, 0.3) is 0 Å². The smallest absolute Gasteiger partial charge is 0.119 e. The molecule has 5 nitrogen and oxygen atoms in total. The van der Waals surface area contributed by atoms with Crippen LogP contribution >= 0.6 is 0 Å². The van der Waals surface area contributed by atoms with Gasteiger partial charge in [0, 0.05) is 18.7 Å². The lowest BCUT2D eigenvalue weighted by Crippen LogP contribution is -2.16. The third-order valence-electron chi connectivity index (χ3n) is 3.90. The normalized spacial score (nSPS) is 18.1. The minimum atomic E-state index is 0.241. The zero-order valence-electron chi connectivity index (χ0n) is 12.3. The molecule has 21 heavy (non-hydrogen) atoms. The largest absolute Gasteiger partial charge is 0.491 e. The van der Waals surface area contributed by atoms with Gasteiger partial charge in [0.2, 0.25) is 0 Å². The first-order valence-corrected chi connectivity index (χ1v) is 7.36. The van der Waals surface area contributed by atoms with Crippen LogP contribution < -0.4 is 10.5 Å². The minimum absolute atomic E-state index is 0.241. The first-order chi connectivity index (χ1) is 10.3. The molecule has 0 amide bonds. The predicted molar refractivity (Wildman–Crippen MR) is 81.1 cm³/mol. The van der Waals surface area contributed by atoms with Crippen molar-refractivity contribution in [1.29, 1.82) is 0 Å². The van der Waals surface area contributed by atoms with Crippen molar-refractivity contribution in [2.45, 2.75) is 32.4 Å². The highest BCUT2D eigenvalue weighted by Gasteiger charge is 2.16. The second-order valence-electron chi connectivity index (χ2n) is 5.35. The van der Waals surface area contributed by atoms with E-state index in [2.05, 4.69) is 10.2 Å². The van der Waals surface area contributed by atoms with E-state index in [4.69, 9.17) is 15.2 Å². The summed E-state index contributed by atoms with van der Waals surface area (Å²) in [6.45, 7) is 3.98. The van der Waals surface area contributed by atoms with E-state index >= 15 is 0 Å². The van der Waals surface area contributed by atoms with E-state index in [1.165, 1.54) is 0 Å². The van der Waals surface area contributed by atoms with Gasteiger partial charge in [-0.05, 0) is 49.6 Å². The number of rotatable bonds is 5. The fourth-order valence-corrected chi connectivity index (χ4v) is 2.59. The molecule has 1 unspecified atom stereocenters. The minimum Gasteiger partial charge on any atom is -0.491 e. The third kappa shape index (κ3) is 3.09. The van der Waals surface area contributed by atoms with Crippen LogP contribution in [0.1, 0.15) is 24.1 Å². The highest BCUT2D eigenvalue weighted by molar-refractivity contribution is 5.64. The number of aromatic amines is 1. The van der Waals surface area contributed by atoms with E-state index in [-0.39, 0.29) is 6.10 Å². The van der Waals surface area contributed by atoms with Gasteiger partial charge in [-0.15, -0.1) is 0 Å². The topological polar surface area (TPSA) is 73.2 Å². The van der Waals surface area contributed by atoms with Crippen LogP contribution in [0.15, 0.2) is 24.3 Å². The molecule has 0 saturated carbocycles. The molecule has 5 heteroatoms. The third-order valence-corrected chi connectivity index (χ3v) is 3.90. The number of benzene rings is 1. The molecule has 0 bridgehead atoms. The van der Waals surface area contributed by atoms with Crippen LogP contribution in [0.5, 0.6) is 5.75 Å². The molecular formula is C16H21N3O2. The van der Waals surface area contributed by atoms with Crippen LogP contribution in [-0.4, -0.2) is 29.5 Å². The Hall–Kier alpha value is -1.85. The Kier molecular flexibility index (Phi) is 4.22. The number of nitrogens with zero attached hydrogens (tertiary/aromatic N) is 1. The van der Waals surface area contributed by atoms with Crippen LogP contribution in [0.3, 0.4) is 0 Å².